The van der Waals surface area contributed by atoms with Crippen LogP contribution in [0, 0.1) is 5.21 Å². The first-order valence-corrected chi connectivity index (χ1v) is 8.73. The van der Waals surface area contributed by atoms with E-state index in [1.54, 1.807) is 37.3 Å². The predicted molar refractivity (Wildman–Crippen MR) is 101 cm³/mol. The van der Waals surface area contributed by atoms with Gasteiger partial charge in [-0.15, -0.1) is 6.58 Å². The summed E-state index contributed by atoms with van der Waals surface area (Å²) in [5, 5.41) is 11.1. The molecule has 1 N–H and O–H groups in total. The molecule has 0 bridgehead atoms. The molecule has 0 aromatic carbocycles. The number of rotatable bonds is 17. The number of carbonyl (C=O) groups is 1. The third-order valence-corrected chi connectivity index (χ3v) is 2.98. The van der Waals surface area contributed by atoms with Crippen LogP contribution in [0.2, 0.25) is 0 Å². The quantitative estimate of drug-likeness (QED) is 0.0771. The van der Waals surface area contributed by atoms with E-state index in [1.807, 2.05) is 6.92 Å². The molecule has 0 amide bonds. The van der Waals surface area contributed by atoms with Crippen molar-refractivity contribution in [2.24, 2.45) is 0 Å². The van der Waals surface area contributed by atoms with Crippen LogP contribution in [0.5, 0.6) is 0 Å². The van der Waals surface area contributed by atoms with E-state index < -0.39 is 11.2 Å². The summed E-state index contributed by atoms with van der Waals surface area (Å²) < 4.78 is 20.7. The Labute approximate surface area is 161 Å². The Bertz CT molecular complexity index is 477. The third kappa shape index (κ3) is 14.8. The highest BCUT2D eigenvalue weighted by atomic mass is 16.9. The second-order valence-corrected chi connectivity index (χ2v) is 5.17. The van der Waals surface area contributed by atoms with Crippen molar-refractivity contribution in [2.45, 2.75) is 26.4 Å². The van der Waals surface area contributed by atoms with Gasteiger partial charge in [-0.2, -0.15) is 5.23 Å². The molecule has 154 valence electrons. The normalized spacial score (nSPS) is 14.0. The summed E-state index contributed by atoms with van der Waals surface area (Å²) in [5.74, 6) is 0.00365. The van der Waals surface area contributed by atoms with Crippen molar-refractivity contribution < 1.29 is 33.8 Å². The summed E-state index contributed by atoms with van der Waals surface area (Å²) in [5.41, 5.74) is 0. The van der Waals surface area contributed by atoms with Gasteiger partial charge in [0.1, 0.15) is 12.7 Å². The molecule has 27 heavy (non-hydrogen) atoms. The standard InChI is InChI=1S/C19H31NO7/c1-5-9-17(7-3)26-19(21)15-24-13-11-23-12-14-25-16-20(22)27-18(8-4)10-6-2/h5-8,10,17,20H,1,3,9,11-16H2,2,4H3/b10-6-,18-8+. The Morgan fingerprint density at radius 3 is 2.37 bits per heavy atom. The second kappa shape index (κ2) is 17.4. The molecule has 0 aliphatic carbocycles. The third-order valence-electron chi connectivity index (χ3n) is 2.98. The first-order chi connectivity index (χ1) is 13.1. The second-order valence-electron chi connectivity index (χ2n) is 5.17. The highest BCUT2D eigenvalue weighted by Crippen LogP contribution is 2.01. The van der Waals surface area contributed by atoms with Crippen molar-refractivity contribution in [3.05, 3.63) is 54.5 Å². The van der Waals surface area contributed by atoms with Gasteiger partial charge in [-0.1, -0.05) is 24.8 Å². The number of hydroxylamine groups is 2. The van der Waals surface area contributed by atoms with Crippen LogP contribution in [0.15, 0.2) is 49.3 Å². The van der Waals surface area contributed by atoms with Crippen LogP contribution in [0.4, 0.5) is 0 Å². The number of carbonyl (C=O) groups excluding carboxylic acids is 1. The van der Waals surface area contributed by atoms with Crippen LogP contribution in [0.25, 0.3) is 0 Å². The maximum atomic E-state index is 11.5. The first-order valence-electron chi connectivity index (χ1n) is 8.73. The van der Waals surface area contributed by atoms with Gasteiger partial charge in [-0.05, 0) is 26.0 Å². The fourth-order valence-electron chi connectivity index (χ4n) is 1.72. The summed E-state index contributed by atoms with van der Waals surface area (Å²) in [6, 6.07) is 0. The molecule has 0 fully saturated rings. The van der Waals surface area contributed by atoms with E-state index in [2.05, 4.69) is 13.2 Å². The van der Waals surface area contributed by atoms with Gasteiger partial charge in [0.05, 0.1) is 26.4 Å². The number of nitrogens with one attached hydrogen (secondary N) is 1. The van der Waals surface area contributed by atoms with Crippen molar-refractivity contribution in [3.63, 3.8) is 0 Å². The lowest BCUT2D eigenvalue weighted by atomic mass is 10.2. The maximum absolute atomic E-state index is 11.5. The molecule has 0 radical (unpaired) electrons. The molecule has 2 unspecified atom stereocenters. The molecule has 0 aromatic heterocycles. The van der Waals surface area contributed by atoms with Crippen LogP contribution in [0.3, 0.4) is 0 Å². The minimum absolute atomic E-state index is 0.157. The molecule has 0 rings (SSSR count). The van der Waals surface area contributed by atoms with Crippen LogP contribution < -0.4 is 5.23 Å². The Morgan fingerprint density at radius 2 is 1.78 bits per heavy atom. The summed E-state index contributed by atoms with van der Waals surface area (Å²) in [4.78, 5) is 16.6. The zero-order valence-electron chi connectivity index (χ0n) is 16.2. The van der Waals surface area contributed by atoms with Gasteiger partial charge in [0.25, 0.3) is 0 Å². The lowest BCUT2D eigenvalue weighted by molar-refractivity contribution is -1.06. The number of hydrogen-bond donors (Lipinski definition) is 1. The molecule has 2 atom stereocenters. The fourth-order valence-corrected chi connectivity index (χ4v) is 1.72. The van der Waals surface area contributed by atoms with E-state index in [-0.39, 0.29) is 32.7 Å². The Balaban J connectivity index is 3.58. The van der Waals surface area contributed by atoms with E-state index in [1.165, 1.54) is 0 Å². The van der Waals surface area contributed by atoms with Crippen molar-refractivity contribution in [3.8, 4) is 0 Å². The molecule has 8 heteroatoms. The molecule has 0 spiro atoms. The molecule has 0 saturated carbocycles. The zero-order valence-corrected chi connectivity index (χ0v) is 16.2. The Kier molecular flexibility index (Phi) is 16.2. The summed E-state index contributed by atoms with van der Waals surface area (Å²) in [6.45, 7) is 11.5. The smallest absolute Gasteiger partial charge is 0.332 e. The minimum Gasteiger partial charge on any atom is -0.589 e. The van der Waals surface area contributed by atoms with Crippen LogP contribution in [0.1, 0.15) is 20.3 Å². The van der Waals surface area contributed by atoms with E-state index >= 15 is 0 Å². The number of quaternary nitrogens is 1. The van der Waals surface area contributed by atoms with Crippen molar-refractivity contribution in [1.82, 2.24) is 0 Å². The van der Waals surface area contributed by atoms with E-state index in [9.17, 15) is 10.0 Å². The highest BCUT2D eigenvalue weighted by Gasteiger charge is 2.09. The lowest BCUT2D eigenvalue weighted by Gasteiger charge is -2.20. The fraction of sp³-hybridized carbons (Fsp3) is 0.526. The van der Waals surface area contributed by atoms with Gasteiger partial charge in [0, 0.05) is 6.42 Å². The molecule has 0 aliphatic rings. The monoisotopic (exact) mass is 385 g/mol. The summed E-state index contributed by atoms with van der Waals surface area (Å²) >= 11 is 0. The minimum atomic E-state index is -0.475. The van der Waals surface area contributed by atoms with E-state index in [4.69, 9.17) is 23.8 Å². The van der Waals surface area contributed by atoms with Crippen molar-refractivity contribution in [1.29, 1.82) is 0 Å². The van der Waals surface area contributed by atoms with Gasteiger partial charge in [-0.3, -0.25) is 0 Å². The molecule has 0 heterocycles. The molecule has 0 aliphatic heterocycles. The molecular weight excluding hydrogens is 354 g/mol. The number of ether oxygens (including phenoxy) is 4. The zero-order chi connectivity index (χ0) is 20.3. The largest absolute Gasteiger partial charge is 0.589 e. The number of allylic oxidation sites excluding steroid dienone is 3. The average Bonchev–Trinajstić information content (AvgIpc) is 2.65. The van der Waals surface area contributed by atoms with Gasteiger partial charge < -0.3 is 29.0 Å². The first kappa shape index (κ1) is 25.0. The van der Waals surface area contributed by atoms with Gasteiger partial charge in [0.2, 0.25) is 6.73 Å². The number of hydrogen-bond acceptors (Lipinski definition) is 7. The van der Waals surface area contributed by atoms with Gasteiger partial charge >= 0.3 is 5.97 Å². The average molecular weight is 385 g/mol. The topological polar surface area (TPSA) is 90.7 Å². The van der Waals surface area contributed by atoms with Crippen molar-refractivity contribution >= 4 is 5.97 Å². The van der Waals surface area contributed by atoms with Gasteiger partial charge in [0.15, 0.2) is 5.76 Å². The summed E-state index contributed by atoms with van der Waals surface area (Å²) in [6.07, 6.45) is 8.47. The predicted octanol–water partition coefficient (Wildman–Crippen LogP) is 1.46. The van der Waals surface area contributed by atoms with E-state index in [0.29, 0.717) is 25.4 Å². The Hall–Kier alpha value is -1.97. The molecule has 8 nitrogen and oxygen atoms in total. The van der Waals surface area contributed by atoms with E-state index in [0.717, 1.165) is 0 Å². The molecule has 0 saturated heterocycles. The van der Waals surface area contributed by atoms with Crippen LogP contribution >= 0.6 is 0 Å². The van der Waals surface area contributed by atoms with Crippen molar-refractivity contribution in [2.75, 3.05) is 39.8 Å². The summed E-state index contributed by atoms with van der Waals surface area (Å²) in [7, 11) is 0. The maximum Gasteiger partial charge on any atom is 0.332 e. The highest BCUT2D eigenvalue weighted by molar-refractivity contribution is 5.71. The number of esters is 1. The molecular formula is C19H31NO7. The van der Waals surface area contributed by atoms with Crippen LogP contribution in [-0.2, 0) is 28.6 Å². The molecule has 0 aromatic rings. The lowest BCUT2D eigenvalue weighted by Crippen LogP contribution is -3.06. The van der Waals surface area contributed by atoms with Gasteiger partial charge in [-0.25, -0.2) is 4.79 Å². The SMILES string of the molecule is C=CCC(C=C)OC(=O)COCCOCCOC[NH+]([O-])OC(/C=C\C)=C/C. The Morgan fingerprint density at radius 1 is 1.11 bits per heavy atom. The van der Waals surface area contributed by atoms with Crippen LogP contribution in [-0.4, -0.2) is 51.8 Å².